The number of ether oxygens (including phenoxy) is 1. The maximum atomic E-state index is 13.2. The van der Waals surface area contributed by atoms with Gasteiger partial charge in [-0.05, 0) is 18.3 Å². The van der Waals surface area contributed by atoms with E-state index in [9.17, 15) is 16.8 Å². The molecule has 2 bridgehead atoms. The second kappa shape index (κ2) is 5.52. The predicted octanol–water partition coefficient (Wildman–Crippen LogP) is -0.452. The molecule has 4 heterocycles. The molecule has 2 saturated heterocycles. The van der Waals surface area contributed by atoms with Crippen molar-refractivity contribution in [2.45, 2.75) is 24.5 Å². The Morgan fingerprint density at radius 3 is 2.54 bits per heavy atom. The van der Waals surface area contributed by atoms with Crippen LogP contribution in [-0.2, 0) is 44.7 Å². The monoisotopic (exact) mass is 375 g/mol. The van der Waals surface area contributed by atoms with E-state index in [1.165, 1.54) is 8.99 Å². The Balaban J connectivity index is 1.69. The van der Waals surface area contributed by atoms with Gasteiger partial charge in [0.05, 0.1) is 30.4 Å². The molecule has 0 radical (unpaired) electrons. The van der Waals surface area contributed by atoms with Gasteiger partial charge in [-0.25, -0.2) is 16.8 Å². The van der Waals surface area contributed by atoms with Gasteiger partial charge >= 0.3 is 0 Å². The third kappa shape index (κ3) is 2.69. The molecule has 134 valence electrons. The number of hydrogen-bond donors (Lipinski definition) is 0. The van der Waals surface area contributed by atoms with Gasteiger partial charge < -0.3 is 4.74 Å². The molecule has 1 aromatic heterocycles. The highest BCUT2D eigenvalue weighted by Gasteiger charge is 2.43. The molecule has 2 fully saturated rings. The summed E-state index contributed by atoms with van der Waals surface area (Å²) >= 11 is 0. The average Bonchev–Trinajstić information content (AvgIpc) is 2.81. The fraction of sp³-hybridized carbons (Fsp3) is 0.786. The Bertz CT molecular complexity index is 854. The van der Waals surface area contributed by atoms with Crippen molar-refractivity contribution in [3.05, 3.63) is 11.3 Å². The second-order valence-electron chi connectivity index (χ2n) is 7.02. The van der Waals surface area contributed by atoms with Crippen LogP contribution in [-0.4, -0.2) is 62.1 Å². The van der Waals surface area contributed by atoms with E-state index in [0.29, 0.717) is 18.6 Å². The number of hydrogen-bond acceptors (Lipinski definition) is 6. The molecule has 24 heavy (non-hydrogen) atoms. The molecule has 1 aromatic rings. The van der Waals surface area contributed by atoms with Gasteiger partial charge in [-0.3, -0.25) is 4.68 Å². The summed E-state index contributed by atoms with van der Waals surface area (Å²) in [6.07, 6.45) is 1.40. The largest absolute Gasteiger partial charge is 0.376 e. The van der Waals surface area contributed by atoms with Crippen molar-refractivity contribution in [3.63, 3.8) is 0 Å². The lowest BCUT2D eigenvalue weighted by molar-refractivity contribution is 0.108. The number of aryl methyl sites for hydroxylation is 1. The first-order valence-electron chi connectivity index (χ1n) is 8.09. The molecule has 0 N–H and O–H groups in total. The van der Waals surface area contributed by atoms with Crippen LogP contribution < -0.4 is 0 Å². The van der Waals surface area contributed by atoms with Gasteiger partial charge in [0.15, 0.2) is 14.9 Å². The summed E-state index contributed by atoms with van der Waals surface area (Å²) < 4.78 is 58.5. The molecule has 0 spiro atoms. The molecule has 0 aliphatic carbocycles. The molecule has 2 unspecified atom stereocenters. The van der Waals surface area contributed by atoms with E-state index in [4.69, 9.17) is 4.74 Å². The third-order valence-corrected chi connectivity index (χ3v) is 8.99. The van der Waals surface area contributed by atoms with Crippen LogP contribution in [0, 0.1) is 11.8 Å². The average molecular weight is 375 g/mol. The molecule has 0 saturated carbocycles. The van der Waals surface area contributed by atoms with Crippen molar-refractivity contribution in [2.75, 3.05) is 31.2 Å². The molecular weight excluding hydrogens is 354 g/mol. The maximum Gasteiger partial charge on any atom is 0.260 e. The molecule has 10 heteroatoms. The van der Waals surface area contributed by atoms with Crippen molar-refractivity contribution in [1.82, 2.24) is 14.1 Å². The van der Waals surface area contributed by atoms with E-state index in [2.05, 4.69) is 5.10 Å². The normalized spacial score (nSPS) is 30.0. The minimum Gasteiger partial charge on any atom is -0.376 e. The van der Waals surface area contributed by atoms with Crippen LogP contribution in [0.1, 0.15) is 17.7 Å². The molecule has 0 aromatic carbocycles. The Kier molecular flexibility index (Phi) is 3.79. The summed E-state index contributed by atoms with van der Waals surface area (Å²) in [5, 5.41) is 4.54. The van der Waals surface area contributed by atoms with Crippen LogP contribution in [0.15, 0.2) is 5.03 Å². The molecule has 4 rings (SSSR count). The van der Waals surface area contributed by atoms with E-state index in [1.807, 2.05) is 0 Å². The predicted molar refractivity (Wildman–Crippen MR) is 85.6 cm³/mol. The number of aromatic nitrogens is 2. The lowest BCUT2D eigenvalue weighted by atomic mass is 9.93. The molecule has 0 amide bonds. The molecular formula is C14H21N3O5S2. The van der Waals surface area contributed by atoms with Gasteiger partial charge in [0.2, 0.25) is 0 Å². The van der Waals surface area contributed by atoms with Crippen LogP contribution in [0.3, 0.4) is 0 Å². The molecule has 3 aliphatic rings. The fourth-order valence-corrected chi connectivity index (χ4v) is 8.21. The van der Waals surface area contributed by atoms with E-state index >= 15 is 0 Å². The highest BCUT2D eigenvalue weighted by atomic mass is 32.2. The van der Waals surface area contributed by atoms with Crippen molar-refractivity contribution in [3.8, 4) is 0 Å². The summed E-state index contributed by atoms with van der Waals surface area (Å²) in [5.41, 5.74) is 1.43. The van der Waals surface area contributed by atoms with E-state index in [1.54, 1.807) is 7.05 Å². The van der Waals surface area contributed by atoms with Gasteiger partial charge in [0.1, 0.15) is 0 Å². The van der Waals surface area contributed by atoms with Crippen molar-refractivity contribution >= 4 is 19.9 Å². The standard InChI is InChI=1S/C14H21N3O5S2/c1-16-14(12-7-22-3-2-13(12)15-16)24(20,21)17-5-10-4-11(6-17)9-23(18,19)8-10/h10-11H,2-9H2,1H3. The lowest BCUT2D eigenvalue weighted by Gasteiger charge is -2.40. The summed E-state index contributed by atoms with van der Waals surface area (Å²) in [7, 11) is -5.12. The summed E-state index contributed by atoms with van der Waals surface area (Å²) in [4.78, 5) is 0. The number of nitrogens with zero attached hydrogens (tertiary/aromatic N) is 3. The Morgan fingerprint density at radius 2 is 1.88 bits per heavy atom. The van der Waals surface area contributed by atoms with Crippen LogP contribution in [0.4, 0.5) is 0 Å². The molecule has 3 aliphatic heterocycles. The zero-order valence-corrected chi connectivity index (χ0v) is 15.1. The first-order valence-corrected chi connectivity index (χ1v) is 11.4. The van der Waals surface area contributed by atoms with Crippen molar-refractivity contribution < 1.29 is 21.6 Å². The zero-order valence-electron chi connectivity index (χ0n) is 13.5. The van der Waals surface area contributed by atoms with Gasteiger partial charge in [0, 0.05) is 32.1 Å². The highest BCUT2D eigenvalue weighted by Crippen LogP contribution is 2.34. The third-order valence-electron chi connectivity index (χ3n) is 5.05. The minimum atomic E-state index is -3.71. The first-order chi connectivity index (χ1) is 11.3. The smallest absolute Gasteiger partial charge is 0.260 e. The zero-order chi connectivity index (χ0) is 17.1. The van der Waals surface area contributed by atoms with E-state index < -0.39 is 19.9 Å². The summed E-state index contributed by atoms with van der Waals surface area (Å²) in [5.74, 6) is -0.0558. The summed E-state index contributed by atoms with van der Waals surface area (Å²) in [6, 6.07) is 0. The van der Waals surface area contributed by atoms with Gasteiger partial charge in [-0.2, -0.15) is 9.40 Å². The second-order valence-corrected chi connectivity index (χ2v) is 11.0. The molecule has 8 nitrogen and oxygen atoms in total. The summed E-state index contributed by atoms with van der Waals surface area (Å²) in [6.45, 7) is 1.33. The highest BCUT2D eigenvalue weighted by molar-refractivity contribution is 7.91. The van der Waals surface area contributed by atoms with E-state index in [-0.39, 0.29) is 48.1 Å². The molecule has 2 atom stereocenters. The SMILES string of the molecule is Cn1nc2c(c1S(=O)(=O)N1CC3CC(C1)CS(=O)(=O)C3)COCC2. The van der Waals surface area contributed by atoms with Crippen LogP contribution in [0.5, 0.6) is 0 Å². The van der Waals surface area contributed by atoms with Crippen molar-refractivity contribution in [1.29, 1.82) is 0 Å². The lowest BCUT2D eigenvalue weighted by Crippen LogP contribution is -2.51. The maximum absolute atomic E-state index is 13.2. The van der Waals surface area contributed by atoms with E-state index in [0.717, 1.165) is 12.1 Å². The van der Waals surface area contributed by atoms with Crippen LogP contribution in [0.25, 0.3) is 0 Å². The Hall–Kier alpha value is -0.970. The Labute approximate surface area is 141 Å². The quantitative estimate of drug-likeness (QED) is 0.694. The van der Waals surface area contributed by atoms with Crippen LogP contribution in [0.2, 0.25) is 0 Å². The number of piperidine rings is 1. The topological polar surface area (TPSA) is 98.6 Å². The minimum absolute atomic E-state index is 0.0854. The number of sulfonamides is 1. The Morgan fingerprint density at radius 1 is 1.21 bits per heavy atom. The first kappa shape index (κ1) is 16.5. The number of fused-ring (bicyclic) bond motifs is 3. The van der Waals surface area contributed by atoms with Gasteiger partial charge in [0.25, 0.3) is 10.0 Å². The fourth-order valence-electron chi connectivity index (χ4n) is 4.23. The van der Waals surface area contributed by atoms with Gasteiger partial charge in [-0.15, -0.1) is 0 Å². The van der Waals surface area contributed by atoms with Crippen LogP contribution >= 0.6 is 0 Å². The number of rotatable bonds is 2. The van der Waals surface area contributed by atoms with Gasteiger partial charge in [-0.1, -0.05) is 0 Å². The van der Waals surface area contributed by atoms with Crippen molar-refractivity contribution in [2.24, 2.45) is 18.9 Å². The number of sulfone groups is 1.